The Morgan fingerprint density at radius 2 is 1.88 bits per heavy atom. The van der Waals surface area contributed by atoms with Crippen molar-refractivity contribution in [3.8, 4) is 18.0 Å². The number of halogens is 4. The smallest absolute Gasteiger partial charge is 0.422 e. The van der Waals surface area contributed by atoms with Gasteiger partial charge in [-0.15, -0.1) is 0 Å². The summed E-state index contributed by atoms with van der Waals surface area (Å²) in [5.41, 5.74) is 0.0234. The van der Waals surface area contributed by atoms with Gasteiger partial charge in [-0.3, -0.25) is 4.79 Å². The number of rotatable bonds is 7. The molecule has 0 saturated carbocycles. The molecule has 0 fully saturated rings. The van der Waals surface area contributed by atoms with Crippen LogP contribution in [-0.2, 0) is 0 Å². The molecule has 10 heteroatoms. The van der Waals surface area contributed by atoms with Gasteiger partial charge in [-0.05, 0) is 6.07 Å². The van der Waals surface area contributed by atoms with Crippen LogP contribution in [-0.4, -0.2) is 41.7 Å². The van der Waals surface area contributed by atoms with Crippen molar-refractivity contribution in [2.24, 2.45) is 0 Å². The van der Waals surface area contributed by atoms with Gasteiger partial charge in [0, 0.05) is 19.3 Å². The highest BCUT2D eigenvalue weighted by molar-refractivity contribution is 6.32. The molecule has 0 spiro atoms. The van der Waals surface area contributed by atoms with Crippen molar-refractivity contribution in [1.29, 1.82) is 10.5 Å². The molecular weight excluding hydrogens is 349 g/mol. The number of hydrogen-bond donors (Lipinski definition) is 0. The lowest BCUT2D eigenvalue weighted by atomic mass is 10.2. The fourth-order valence-electron chi connectivity index (χ4n) is 1.67. The molecule has 0 bridgehead atoms. The van der Waals surface area contributed by atoms with Crippen molar-refractivity contribution < 1.29 is 22.7 Å². The first kappa shape index (κ1) is 19.5. The molecule has 1 aromatic rings. The lowest BCUT2D eigenvalue weighted by molar-refractivity contribution is -0.154. The number of nitrogens with zero attached hydrogens (tertiary/aromatic N) is 4. The van der Waals surface area contributed by atoms with Crippen LogP contribution in [0.4, 0.5) is 13.2 Å². The Balaban J connectivity index is 2.88. The predicted octanol–water partition coefficient (Wildman–Crippen LogP) is 2.95. The van der Waals surface area contributed by atoms with Crippen molar-refractivity contribution in [1.82, 2.24) is 9.88 Å². The zero-order valence-corrected chi connectivity index (χ0v) is 13.1. The van der Waals surface area contributed by atoms with Gasteiger partial charge in [0.15, 0.2) is 6.61 Å². The number of carbonyl (C=O) groups excluding carboxylic acids is 1. The van der Waals surface area contributed by atoms with E-state index in [9.17, 15) is 18.0 Å². The van der Waals surface area contributed by atoms with E-state index in [1.165, 1.54) is 4.90 Å². The number of ether oxygens (including phenoxy) is 1. The summed E-state index contributed by atoms with van der Waals surface area (Å²) in [7, 11) is 0. The van der Waals surface area contributed by atoms with Gasteiger partial charge in [-0.25, -0.2) is 4.98 Å². The third-order valence-corrected chi connectivity index (χ3v) is 2.97. The SMILES string of the molecule is N#CCCN(CCC#N)C(=O)c1cnc(OCC(F)(F)F)c(Cl)c1. The highest BCUT2D eigenvalue weighted by Gasteiger charge is 2.29. The molecule has 0 unspecified atom stereocenters. The van der Waals surface area contributed by atoms with Crippen LogP contribution in [0.5, 0.6) is 5.88 Å². The maximum Gasteiger partial charge on any atom is 0.422 e. The van der Waals surface area contributed by atoms with E-state index < -0.39 is 24.6 Å². The van der Waals surface area contributed by atoms with Crippen molar-refractivity contribution in [3.63, 3.8) is 0 Å². The van der Waals surface area contributed by atoms with E-state index >= 15 is 0 Å². The molecule has 1 amide bonds. The lowest BCUT2D eigenvalue weighted by Crippen LogP contribution is -2.32. The van der Waals surface area contributed by atoms with Crippen molar-refractivity contribution in [2.75, 3.05) is 19.7 Å². The normalized spacial score (nSPS) is 10.6. The van der Waals surface area contributed by atoms with Crippen LogP contribution in [0, 0.1) is 22.7 Å². The largest absolute Gasteiger partial charge is 0.467 e. The first-order valence-electron chi connectivity index (χ1n) is 6.66. The van der Waals surface area contributed by atoms with Crippen LogP contribution in [0.25, 0.3) is 0 Å². The molecule has 0 aliphatic carbocycles. The summed E-state index contributed by atoms with van der Waals surface area (Å²) in [6.45, 7) is -1.33. The van der Waals surface area contributed by atoms with Crippen molar-refractivity contribution >= 4 is 17.5 Å². The van der Waals surface area contributed by atoms with E-state index in [0.29, 0.717) is 0 Å². The zero-order valence-electron chi connectivity index (χ0n) is 12.3. The number of hydrogen-bond acceptors (Lipinski definition) is 5. The molecule has 0 atom stereocenters. The molecular formula is C14H12ClF3N4O2. The van der Waals surface area contributed by atoms with Gasteiger partial charge in [-0.1, -0.05) is 11.6 Å². The molecule has 6 nitrogen and oxygen atoms in total. The Labute approximate surface area is 141 Å². The van der Waals surface area contributed by atoms with Gasteiger partial charge < -0.3 is 9.64 Å². The van der Waals surface area contributed by atoms with Gasteiger partial charge in [0.25, 0.3) is 5.91 Å². The number of pyridine rings is 1. The van der Waals surface area contributed by atoms with Crippen LogP contribution < -0.4 is 4.74 Å². The summed E-state index contributed by atoms with van der Waals surface area (Å²) in [4.78, 5) is 17.2. The zero-order chi connectivity index (χ0) is 18.2. The molecule has 0 saturated heterocycles. The predicted molar refractivity (Wildman–Crippen MR) is 77.2 cm³/mol. The van der Waals surface area contributed by atoms with Gasteiger partial charge in [0.2, 0.25) is 5.88 Å². The Kier molecular flexibility index (Phi) is 7.28. The van der Waals surface area contributed by atoms with E-state index in [0.717, 1.165) is 12.3 Å². The van der Waals surface area contributed by atoms with Crippen LogP contribution in [0.3, 0.4) is 0 Å². The highest BCUT2D eigenvalue weighted by atomic mass is 35.5. The molecule has 0 radical (unpaired) electrons. The van der Waals surface area contributed by atoms with Crippen molar-refractivity contribution in [2.45, 2.75) is 19.0 Å². The topological polar surface area (TPSA) is 90.0 Å². The first-order valence-corrected chi connectivity index (χ1v) is 7.04. The van der Waals surface area contributed by atoms with Crippen LogP contribution in [0.2, 0.25) is 5.02 Å². The minimum Gasteiger partial charge on any atom is -0.467 e. The van der Waals surface area contributed by atoms with Crippen LogP contribution in [0.15, 0.2) is 12.3 Å². The third-order valence-electron chi connectivity index (χ3n) is 2.70. The number of amides is 1. The number of nitriles is 2. The molecule has 0 aromatic carbocycles. The summed E-state index contributed by atoms with van der Waals surface area (Å²) < 4.78 is 40.8. The summed E-state index contributed by atoms with van der Waals surface area (Å²) in [6.07, 6.45) is -3.35. The molecule has 24 heavy (non-hydrogen) atoms. The molecule has 1 heterocycles. The number of carbonyl (C=O) groups is 1. The third kappa shape index (κ3) is 6.31. The minimum absolute atomic E-state index is 0.0234. The summed E-state index contributed by atoms with van der Waals surface area (Å²) >= 11 is 5.79. The summed E-state index contributed by atoms with van der Waals surface area (Å²) in [5, 5.41) is 17.0. The number of alkyl halides is 3. The molecule has 1 rings (SSSR count). The van der Waals surface area contributed by atoms with Gasteiger partial charge in [0.05, 0.1) is 30.5 Å². The summed E-state index contributed by atoms with van der Waals surface area (Å²) in [5.74, 6) is -0.969. The average molecular weight is 361 g/mol. The van der Waals surface area contributed by atoms with E-state index in [-0.39, 0.29) is 36.5 Å². The van der Waals surface area contributed by atoms with Crippen LogP contribution in [0.1, 0.15) is 23.2 Å². The average Bonchev–Trinajstić information content (AvgIpc) is 2.52. The quantitative estimate of drug-likeness (QED) is 0.745. The van der Waals surface area contributed by atoms with Gasteiger partial charge in [-0.2, -0.15) is 23.7 Å². The summed E-state index contributed by atoms with van der Waals surface area (Å²) in [6, 6.07) is 4.91. The Hall–Kier alpha value is -2.52. The molecule has 0 aliphatic heterocycles. The molecule has 0 N–H and O–H groups in total. The lowest BCUT2D eigenvalue weighted by Gasteiger charge is -2.20. The molecule has 128 valence electrons. The Bertz CT molecular complexity index is 649. The van der Waals surface area contributed by atoms with E-state index in [2.05, 4.69) is 9.72 Å². The number of aromatic nitrogens is 1. The van der Waals surface area contributed by atoms with E-state index in [1.54, 1.807) is 0 Å². The fraction of sp³-hybridized carbons (Fsp3) is 0.429. The van der Waals surface area contributed by atoms with Crippen LogP contribution >= 0.6 is 11.6 Å². The standard InChI is InChI=1S/C14H12ClF3N4O2/c15-11-7-10(8-21-12(11)24-9-14(16,17)18)13(23)22(5-1-3-19)6-2-4-20/h7-8H,1-2,5-6,9H2. The molecule has 1 aromatic heterocycles. The maximum atomic E-state index is 12.3. The second kappa shape index (κ2) is 8.94. The van der Waals surface area contributed by atoms with Gasteiger partial charge >= 0.3 is 6.18 Å². The van der Waals surface area contributed by atoms with E-state index in [4.69, 9.17) is 22.1 Å². The second-order valence-electron chi connectivity index (χ2n) is 4.52. The van der Waals surface area contributed by atoms with E-state index in [1.807, 2.05) is 12.1 Å². The van der Waals surface area contributed by atoms with Crippen molar-refractivity contribution in [3.05, 3.63) is 22.8 Å². The Morgan fingerprint density at radius 3 is 2.33 bits per heavy atom. The second-order valence-corrected chi connectivity index (χ2v) is 4.93. The monoisotopic (exact) mass is 360 g/mol. The fourth-order valence-corrected chi connectivity index (χ4v) is 1.89. The maximum absolute atomic E-state index is 12.3. The molecule has 0 aliphatic rings. The highest BCUT2D eigenvalue weighted by Crippen LogP contribution is 2.25. The first-order chi connectivity index (χ1) is 11.3. The minimum atomic E-state index is -4.54. The Morgan fingerprint density at radius 1 is 1.29 bits per heavy atom. The van der Waals surface area contributed by atoms with Gasteiger partial charge in [0.1, 0.15) is 5.02 Å².